The molecule has 0 spiro atoms. The molecule has 1 fully saturated rings. The Labute approximate surface area is 123 Å². The first kappa shape index (κ1) is 15.1. The molecular weight excluding hydrogens is 282 g/mol. The van der Waals surface area contributed by atoms with E-state index in [2.05, 4.69) is 17.0 Å². The Balaban J connectivity index is 2.05. The number of halogens is 1. The third kappa shape index (κ3) is 4.36. The van der Waals surface area contributed by atoms with Gasteiger partial charge in [-0.3, -0.25) is 4.90 Å². The number of rotatable bonds is 5. The molecular formula is C14H20ClNO2S. The van der Waals surface area contributed by atoms with Crippen molar-refractivity contribution >= 4 is 23.4 Å². The van der Waals surface area contributed by atoms with Crippen LogP contribution in [0.2, 0.25) is 5.02 Å². The summed E-state index contributed by atoms with van der Waals surface area (Å²) < 4.78 is 5.00. The van der Waals surface area contributed by atoms with Crippen LogP contribution in [0.25, 0.3) is 0 Å². The first-order valence-corrected chi connectivity index (χ1v) is 7.98. The molecule has 1 heterocycles. The Bertz CT molecular complexity index is 388. The van der Waals surface area contributed by atoms with Crippen molar-refractivity contribution in [3.05, 3.63) is 34.9 Å². The second kappa shape index (κ2) is 7.50. The van der Waals surface area contributed by atoms with E-state index in [1.54, 1.807) is 7.11 Å². The Morgan fingerprint density at radius 2 is 2.21 bits per heavy atom. The van der Waals surface area contributed by atoms with Crippen LogP contribution in [0.4, 0.5) is 0 Å². The Hall–Kier alpha value is -0.260. The quantitative estimate of drug-likeness (QED) is 0.905. The summed E-state index contributed by atoms with van der Waals surface area (Å²) in [6.45, 7) is 2.04. The number of β-amino-alcohol motifs (C(OH)–C–C–N with tert-alkyl or cyclic N) is 1. The Kier molecular flexibility index (Phi) is 5.98. The molecule has 0 radical (unpaired) electrons. The molecule has 1 aliphatic rings. The second-order valence-electron chi connectivity index (χ2n) is 4.75. The van der Waals surface area contributed by atoms with Gasteiger partial charge in [0.25, 0.3) is 0 Å². The zero-order valence-electron chi connectivity index (χ0n) is 11.1. The molecule has 1 aliphatic heterocycles. The highest BCUT2D eigenvalue weighted by atomic mass is 35.5. The van der Waals surface area contributed by atoms with Gasteiger partial charge in [-0.1, -0.05) is 23.7 Å². The van der Waals surface area contributed by atoms with E-state index in [1.165, 1.54) is 5.56 Å². The number of methoxy groups -OCH3 is 1. The minimum atomic E-state index is -0.428. The minimum absolute atomic E-state index is 0.350. The van der Waals surface area contributed by atoms with Gasteiger partial charge < -0.3 is 9.84 Å². The van der Waals surface area contributed by atoms with Gasteiger partial charge in [0.2, 0.25) is 0 Å². The van der Waals surface area contributed by atoms with Crippen molar-refractivity contribution in [3.63, 3.8) is 0 Å². The lowest BCUT2D eigenvalue weighted by atomic mass is 10.1. The number of hydrogen-bond acceptors (Lipinski definition) is 4. The standard InChI is InChI=1S/C14H20ClNO2S/c1-18-9-13(17)8-16-6-7-19-10-14(16)11-2-4-12(15)5-3-11/h2-5,13-14,17H,6-10H2,1H3/t13-,14+/m1/s1. The second-order valence-corrected chi connectivity index (χ2v) is 6.33. The van der Waals surface area contributed by atoms with Gasteiger partial charge in [0.05, 0.1) is 12.7 Å². The first-order chi connectivity index (χ1) is 9.20. The summed E-state index contributed by atoms with van der Waals surface area (Å²) in [5, 5.41) is 10.7. The van der Waals surface area contributed by atoms with Crippen molar-refractivity contribution in [2.75, 3.05) is 38.3 Å². The molecule has 1 N–H and O–H groups in total. The van der Waals surface area contributed by atoms with E-state index in [9.17, 15) is 5.11 Å². The number of ether oxygens (including phenoxy) is 1. The highest BCUT2D eigenvalue weighted by molar-refractivity contribution is 7.99. The normalized spacial score (nSPS) is 22.4. The van der Waals surface area contributed by atoms with Crippen LogP contribution >= 0.6 is 23.4 Å². The smallest absolute Gasteiger partial charge is 0.0900 e. The lowest BCUT2D eigenvalue weighted by Crippen LogP contribution is -2.42. The molecule has 0 aliphatic carbocycles. The summed E-state index contributed by atoms with van der Waals surface area (Å²) >= 11 is 7.90. The van der Waals surface area contributed by atoms with Crippen molar-refractivity contribution in [1.82, 2.24) is 4.90 Å². The zero-order chi connectivity index (χ0) is 13.7. The van der Waals surface area contributed by atoms with Gasteiger partial charge in [-0.2, -0.15) is 11.8 Å². The van der Waals surface area contributed by atoms with Crippen LogP contribution in [0.1, 0.15) is 11.6 Å². The average Bonchev–Trinajstić information content (AvgIpc) is 2.41. The van der Waals surface area contributed by atoms with E-state index in [1.807, 2.05) is 23.9 Å². The minimum Gasteiger partial charge on any atom is -0.389 e. The topological polar surface area (TPSA) is 32.7 Å². The van der Waals surface area contributed by atoms with Crippen LogP contribution in [0.15, 0.2) is 24.3 Å². The molecule has 1 aromatic rings. The fraction of sp³-hybridized carbons (Fsp3) is 0.571. The highest BCUT2D eigenvalue weighted by Gasteiger charge is 2.25. The lowest BCUT2D eigenvalue weighted by molar-refractivity contribution is 0.0297. The third-order valence-corrected chi connectivity index (χ3v) is 4.57. The molecule has 2 atom stereocenters. The number of aliphatic hydroxyl groups is 1. The molecule has 1 saturated heterocycles. The molecule has 0 saturated carbocycles. The van der Waals surface area contributed by atoms with Crippen LogP contribution < -0.4 is 0 Å². The average molecular weight is 302 g/mol. The molecule has 5 heteroatoms. The van der Waals surface area contributed by atoms with Gasteiger partial charge in [0.1, 0.15) is 0 Å². The number of aliphatic hydroxyl groups excluding tert-OH is 1. The maximum absolute atomic E-state index is 9.92. The van der Waals surface area contributed by atoms with Crippen LogP contribution in [-0.2, 0) is 4.74 Å². The van der Waals surface area contributed by atoms with Gasteiger partial charge in [0, 0.05) is 42.8 Å². The van der Waals surface area contributed by atoms with E-state index < -0.39 is 6.10 Å². The summed E-state index contributed by atoms with van der Waals surface area (Å²) in [6, 6.07) is 8.37. The summed E-state index contributed by atoms with van der Waals surface area (Å²) in [5.41, 5.74) is 1.27. The molecule has 2 rings (SSSR count). The maximum atomic E-state index is 9.92. The molecule has 0 unspecified atom stereocenters. The third-order valence-electron chi connectivity index (χ3n) is 3.30. The number of benzene rings is 1. The predicted octanol–water partition coefficient (Wildman–Crippen LogP) is 2.44. The molecule has 0 aromatic heterocycles. The monoisotopic (exact) mass is 301 g/mol. The fourth-order valence-electron chi connectivity index (χ4n) is 2.36. The molecule has 1 aromatic carbocycles. The molecule has 19 heavy (non-hydrogen) atoms. The van der Waals surface area contributed by atoms with Gasteiger partial charge in [-0.05, 0) is 17.7 Å². The van der Waals surface area contributed by atoms with Crippen LogP contribution in [0, 0.1) is 0 Å². The molecule has 0 bridgehead atoms. The van der Waals surface area contributed by atoms with E-state index in [4.69, 9.17) is 16.3 Å². The van der Waals surface area contributed by atoms with Crippen molar-refractivity contribution < 1.29 is 9.84 Å². The van der Waals surface area contributed by atoms with E-state index in [0.717, 1.165) is 23.1 Å². The van der Waals surface area contributed by atoms with Crippen molar-refractivity contribution in [1.29, 1.82) is 0 Å². The fourth-order valence-corrected chi connectivity index (χ4v) is 3.65. The summed E-state index contributed by atoms with van der Waals surface area (Å²) in [7, 11) is 1.62. The van der Waals surface area contributed by atoms with E-state index in [0.29, 0.717) is 19.2 Å². The SMILES string of the molecule is COC[C@H](O)CN1CCSC[C@H]1c1ccc(Cl)cc1. The van der Waals surface area contributed by atoms with Crippen molar-refractivity contribution in [2.45, 2.75) is 12.1 Å². The zero-order valence-corrected chi connectivity index (χ0v) is 12.7. The highest BCUT2D eigenvalue weighted by Crippen LogP contribution is 2.30. The van der Waals surface area contributed by atoms with Crippen LogP contribution in [0.5, 0.6) is 0 Å². The lowest BCUT2D eigenvalue weighted by Gasteiger charge is -2.36. The van der Waals surface area contributed by atoms with Crippen LogP contribution in [-0.4, -0.2) is 54.4 Å². The van der Waals surface area contributed by atoms with Gasteiger partial charge in [-0.25, -0.2) is 0 Å². The maximum Gasteiger partial charge on any atom is 0.0900 e. The van der Waals surface area contributed by atoms with Crippen LogP contribution in [0.3, 0.4) is 0 Å². The largest absolute Gasteiger partial charge is 0.389 e. The van der Waals surface area contributed by atoms with Gasteiger partial charge in [0.15, 0.2) is 0 Å². The molecule has 0 amide bonds. The molecule has 106 valence electrons. The Morgan fingerprint density at radius 3 is 2.89 bits per heavy atom. The summed E-state index contributed by atoms with van der Waals surface area (Å²) in [6.07, 6.45) is -0.428. The number of hydrogen-bond donors (Lipinski definition) is 1. The van der Waals surface area contributed by atoms with Crippen molar-refractivity contribution in [2.24, 2.45) is 0 Å². The van der Waals surface area contributed by atoms with Gasteiger partial charge in [-0.15, -0.1) is 0 Å². The number of nitrogens with zero attached hydrogens (tertiary/aromatic N) is 1. The predicted molar refractivity (Wildman–Crippen MR) is 81.0 cm³/mol. The molecule has 3 nitrogen and oxygen atoms in total. The Morgan fingerprint density at radius 1 is 1.47 bits per heavy atom. The summed E-state index contributed by atoms with van der Waals surface area (Å²) in [4.78, 5) is 2.34. The number of thioether (sulfide) groups is 1. The van der Waals surface area contributed by atoms with Gasteiger partial charge >= 0.3 is 0 Å². The van der Waals surface area contributed by atoms with E-state index in [-0.39, 0.29) is 0 Å². The summed E-state index contributed by atoms with van der Waals surface area (Å²) in [5.74, 6) is 2.17. The first-order valence-electron chi connectivity index (χ1n) is 6.45. The van der Waals surface area contributed by atoms with E-state index >= 15 is 0 Å². The van der Waals surface area contributed by atoms with Crippen molar-refractivity contribution in [3.8, 4) is 0 Å².